The maximum Gasteiger partial charge on any atom is 0.240 e. The Hall–Kier alpha value is -2.32. The van der Waals surface area contributed by atoms with Crippen LogP contribution in [-0.4, -0.2) is 20.9 Å². The van der Waals surface area contributed by atoms with E-state index >= 15 is 0 Å². The number of rotatable bonds is 8. The molecule has 2 rings (SSSR count). The molecule has 0 saturated carbocycles. The summed E-state index contributed by atoms with van der Waals surface area (Å²) in [6.45, 7) is 4.16. The molecule has 0 aliphatic rings. The molecule has 0 radical (unpaired) electrons. The van der Waals surface area contributed by atoms with Gasteiger partial charge in [0.1, 0.15) is 17.3 Å². The summed E-state index contributed by atoms with van der Waals surface area (Å²) in [6, 6.07) is 9.49. The molecule has 0 aromatic heterocycles. The summed E-state index contributed by atoms with van der Waals surface area (Å²) in [5, 5.41) is 2.22. The number of carbonyl (C=O) groups excluding carboxylic acids is 1. The number of amides is 1. The lowest BCUT2D eigenvalue weighted by Crippen LogP contribution is -2.27. The van der Waals surface area contributed by atoms with Gasteiger partial charge in [-0.15, -0.1) is 0 Å². The molecule has 2 N–H and O–H groups in total. The predicted molar refractivity (Wildman–Crippen MR) is 99.8 cm³/mol. The van der Waals surface area contributed by atoms with Gasteiger partial charge in [-0.1, -0.05) is 32.0 Å². The Kier molecular flexibility index (Phi) is 7.04. The number of carbonyl (C=O) groups is 1. The molecular formula is C19H22F2N2O3S. The Morgan fingerprint density at radius 1 is 1.04 bits per heavy atom. The van der Waals surface area contributed by atoms with Gasteiger partial charge in [-0.25, -0.2) is 21.9 Å². The zero-order valence-corrected chi connectivity index (χ0v) is 15.9. The van der Waals surface area contributed by atoms with Gasteiger partial charge in [-0.3, -0.25) is 4.79 Å². The molecule has 0 spiro atoms. The van der Waals surface area contributed by atoms with E-state index < -0.39 is 33.3 Å². The molecule has 2 aromatic rings. The van der Waals surface area contributed by atoms with Crippen LogP contribution in [0, 0.1) is 17.6 Å². The fourth-order valence-electron chi connectivity index (χ4n) is 2.27. The maximum atomic E-state index is 13.5. The average molecular weight is 396 g/mol. The summed E-state index contributed by atoms with van der Waals surface area (Å²) >= 11 is 0. The number of halogens is 2. The zero-order chi connectivity index (χ0) is 20.0. The van der Waals surface area contributed by atoms with Crippen LogP contribution in [0.3, 0.4) is 0 Å². The van der Waals surface area contributed by atoms with E-state index in [1.807, 2.05) is 13.8 Å². The fraction of sp³-hybridized carbons (Fsp3) is 0.316. The van der Waals surface area contributed by atoms with Crippen molar-refractivity contribution in [3.8, 4) is 0 Å². The second kappa shape index (κ2) is 9.05. The first-order chi connectivity index (χ1) is 12.7. The quantitative estimate of drug-likeness (QED) is 0.717. The van der Waals surface area contributed by atoms with E-state index in [2.05, 4.69) is 10.0 Å². The minimum Gasteiger partial charge on any atom is -0.321 e. The van der Waals surface area contributed by atoms with Crippen LogP contribution in [-0.2, 0) is 21.2 Å². The number of hydrogen-bond donors (Lipinski definition) is 2. The lowest BCUT2D eigenvalue weighted by atomic mass is 10.1. The van der Waals surface area contributed by atoms with Crippen molar-refractivity contribution >= 4 is 21.6 Å². The van der Waals surface area contributed by atoms with Crippen molar-refractivity contribution in [2.24, 2.45) is 5.92 Å². The minimum atomic E-state index is -3.57. The van der Waals surface area contributed by atoms with E-state index in [-0.39, 0.29) is 17.2 Å². The van der Waals surface area contributed by atoms with E-state index in [1.165, 1.54) is 18.2 Å². The smallest absolute Gasteiger partial charge is 0.240 e. The molecule has 0 saturated heterocycles. The highest BCUT2D eigenvalue weighted by atomic mass is 32.2. The van der Waals surface area contributed by atoms with Crippen molar-refractivity contribution in [2.75, 3.05) is 11.9 Å². The Balaban J connectivity index is 1.94. The summed E-state index contributed by atoms with van der Waals surface area (Å²) in [5.41, 5.74) is 0.266. The molecule has 0 bridgehead atoms. The summed E-state index contributed by atoms with van der Waals surface area (Å²) in [6.07, 6.45) is 0.313. The third kappa shape index (κ3) is 6.11. The van der Waals surface area contributed by atoms with Crippen molar-refractivity contribution in [2.45, 2.75) is 31.6 Å². The second-order valence-electron chi connectivity index (χ2n) is 6.53. The standard InChI is InChI=1S/C19H22F2N2O3S/c1-13(2)12-22-27(25,26)15-9-6-14(7-10-15)8-11-18(24)23-19-16(20)4-3-5-17(19)21/h3-7,9-10,13,22H,8,11-12H2,1-2H3,(H,23,24). The number of sulfonamides is 1. The van der Waals surface area contributed by atoms with Crippen molar-refractivity contribution in [3.05, 3.63) is 59.7 Å². The third-order valence-corrected chi connectivity index (χ3v) is 5.22. The van der Waals surface area contributed by atoms with Gasteiger partial charge in [0, 0.05) is 13.0 Å². The molecule has 0 unspecified atom stereocenters. The van der Waals surface area contributed by atoms with Crippen LogP contribution in [0.5, 0.6) is 0 Å². The maximum absolute atomic E-state index is 13.5. The zero-order valence-electron chi connectivity index (χ0n) is 15.1. The number of aryl methyl sites for hydroxylation is 1. The van der Waals surface area contributed by atoms with E-state index in [0.29, 0.717) is 13.0 Å². The topological polar surface area (TPSA) is 75.3 Å². The molecule has 0 aliphatic carbocycles. The monoisotopic (exact) mass is 396 g/mol. The lowest BCUT2D eigenvalue weighted by molar-refractivity contribution is -0.116. The predicted octanol–water partition coefficient (Wildman–Crippen LogP) is 3.47. The Bertz CT molecular complexity index is 877. The summed E-state index contributed by atoms with van der Waals surface area (Å²) in [4.78, 5) is 12.1. The van der Waals surface area contributed by atoms with Crippen molar-refractivity contribution in [1.29, 1.82) is 0 Å². The molecule has 146 valence electrons. The van der Waals surface area contributed by atoms with E-state index in [0.717, 1.165) is 17.7 Å². The first-order valence-electron chi connectivity index (χ1n) is 8.51. The first-order valence-corrected chi connectivity index (χ1v) is 10.00. The molecule has 2 aromatic carbocycles. The summed E-state index contributed by atoms with van der Waals surface area (Å²) < 4.78 is 53.8. The van der Waals surface area contributed by atoms with Crippen LogP contribution >= 0.6 is 0 Å². The second-order valence-corrected chi connectivity index (χ2v) is 8.30. The molecule has 1 amide bonds. The molecule has 27 heavy (non-hydrogen) atoms. The molecule has 8 heteroatoms. The Morgan fingerprint density at radius 2 is 1.63 bits per heavy atom. The molecule has 0 aliphatic heterocycles. The molecule has 0 heterocycles. The van der Waals surface area contributed by atoms with Gasteiger partial charge in [0.15, 0.2) is 0 Å². The third-order valence-electron chi connectivity index (χ3n) is 3.78. The van der Waals surface area contributed by atoms with Crippen LogP contribution < -0.4 is 10.0 Å². The average Bonchev–Trinajstić information content (AvgIpc) is 2.62. The number of para-hydroxylation sites is 1. The molecule has 0 atom stereocenters. The van der Waals surface area contributed by atoms with Gasteiger partial charge in [0.05, 0.1) is 4.90 Å². The van der Waals surface area contributed by atoms with E-state index in [4.69, 9.17) is 0 Å². The lowest BCUT2D eigenvalue weighted by Gasteiger charge is -2.10. The van der Waals surface area contributed by atoms with Gasteiger partial charge in [0.2, 0.25) is 15.9 Å². The van der Waals surface area contributed by atoms with Crippen LogP contribution in [0.4, 0.5) is 14.5 Å². The highest BCUT2D eigenvalue weighted by Crippen LogP contribution is 2.18. The molecule has 0 fully saturated rings. The molecule has 5 nitrogen and oxygen atoms in total. The van der Waals surface area contributed by atoms with Crippen molar-refractivity contribution in [3.63, 3.8) is 0 Å². The Morgan fingerprint density at radius 3 is 2.19 bits per heavy atom. The van der Waals surface area contributed by atoms with Gasteiger partial charge in [0.25, 0.3) is 0 Å². The summed E-state index contributed by atoms with van der Waals surface area (Å²) in [5.74, 6) is -2.02. The number of benzene rings is 2. The fourth-order valence-corrected chi connectivity index (χ4v) is 3.49. The SMILES string of the molecule is CC(C)CNS(=O)(=O)c1ccc(CCC(=O)Nc2c(F)cccc2F)cc1. The summed E-state index contributed by atoms with van der Waals surface area (Å²) in [7, 11) is -3.57. The van der Waals surface area contributed by atoms with E-state index in [9.17, 15) is 22.0 Å². The first kappa shape index (κ1) is 21.0. The van der Waals surface area contributed by atoms with Gasteiger partial charge >= 0.3 is 0 Å². The largest absolute Gasteiger partial charge is 0.321 e. The van der Waals surface area contributed by atoms with Crippen LogP contribution in [0.2, 0.25) is 0 Å². The van der Waals surface area contributed by atoms with Crippen LogP contribution in [0.15, 0.2) is 47.4 Å². The Labute approximate surface area is 157 Å². The van der Waals surface area contributed by atoms with Crippen molar-refractivity contribution in [1.82, 2.24) is 4.72 Å². The van der Waals surface area contributed by atoms with Gasteiger partial charge in [-0.2, -0.15) is 0 Å². The number of hydrogen-bond acceptors (Lipinski definition) is 3. The minimum absolute atomic E-state index is 0.00543. The number of anilines is 1. The highest BCUT2D eigenvalue weighted by Gasteiger charge is 2.15. The van der Waals surface area contributed by atoms with Crippen LogP contribution in [0.25, 0.3) is 0 Å². The number of nitrogens with one attached hydrogen (secondary N) is 2. The van der Waals surface area contributed by atoms with Crippen LogP contribution in [0.1, 0.15) is 25.8 Å². The van der Waals surface area contributed by atoms with Crippen molar-refractivity contribution < 1.29 is 22.0 Å². The highest BCUT2D eigenvalue weighted by molar-refractivity contribution is 7.89. The normalized spacial score (nSPS) is 11.6. The van der Waals surface area contributed by atoms with Gasteiger partial charge < -0.3 is 5.32 Å². The van der Waals surface area contributed by atoms with E-state index in [1.54, 1.807) is 12.1 Å². The van der Waals surface area contributed by atoms with Gasteiger partial charge in [-0.05, 0) is 42.2 Å². The molecular weight excluding hydrogens is 374 g/mol.